The number of rotatable bonds is 2. The average molecular weight is 360 g/mol. The highest BCUT2D eigenvalue weighted by Crippen LogP contribution is 2.48. The molecule has 26 heavy (non-hydrogen) atoms. The Hall–Kier alpha value is -0.780. The van der Waals surface area contributed by atoms with Crippen molar-refractivity contribution in [1.82, 2.24) is 24.9 Å². The Balaban J connectivity index is 1.26. The van der Waals surface area contributed by atoms with Gasteiger partial charge < -0.3 is 9.80 Å². The Labute approximate surface area is 159 Å². The van der Waals surface area contributed by atoms with Crippen molar-refractivity contribution in [2.75, 3.05) is 34.9 Å². The fourth-order valence-electron chi connectivity index (χ4n) is 7.06. The lowest BCUT2D eigenvalue weighted by molar-refractivity contribution is 0.123. The van der Waals surface area contributed by atoms with Crippen molar-refractivity contribution in [3.63, 3.8) is 0 Å². The van der Waals surface area contributed by atoms with Crippen molar-refractivity contribution in [2.45, 2.75) is 81.7 Å². The van der Waals surface area contributed by atoms with Crippen molar-refractivity contribution < 1.29 is 0 Å². The van der Waals surface area contributed by atoms with E-state index in [9.17, 15) is 0 Å². The van der Waals surface area contributed by atoms with E-state index in [1.165, 1.54) is 51.4 Å². The minimum atomic E-state index is 0.515. The first kappa shape index (κ1) is 17.3. The van der Waals surface area contributed by atoms with Crippen molar-refractivity contribution >= 4 is 0 Å². The van der Waals surface area contributed by atoms with E-state index < -0.39 is 0 Å². The minimum absolute atomic E-state index is 0.515. The van der Waals surface area contributed by atoms with Gasteiger partial charge in [-0.1, -0.05) is 6.42 Å². The van der Waals surface area contributed by atoms with Crippen molar-refractivity contribution in [3.8, 4) is 0 Å². The maximum Gasteiger partial charge on any atom is 0.104 e. The topological polar surface area (TPSA) is 25.0 Å². The molecule has 6 unspecified atom stereocenters. The lowest BCUT2D eigenvalue weighted by Gasteiger charge is -2.43. The molecule has 0 aromatic rings. The fraction of sp³-hybridized carbons (Fsp3) is 0.905. The second-order valence-corrected chi connectivity index (χ2v) is 9.70. The molecule has 2 saturated carbocycles. The van der Waals surface area contributed by atoms with Crippen LogP contribution in [0.5, 0.6) is 0 Å². The number of nitrogens with one attached hydrogen (secondary N) is 1. The lowest BCUT2D eigenvalue weighted by atomic mass is 9.86. The van der Waals surface area contributed by atoms with Gasteiger partial charge in [-0.05, 0) is 64.6 Å². The van der Waals surface area contributed by atoms with Crippen LogP contribution in [-0.4, -0.2) is 84.8 Å². The largest absolute Gasteiger partial charge is 0.358 e. The van der Waals surface area contributed by atoms with Crippen molar-refractivity contribution in [3.05, 3.63) is 11.4 Å². The molecule has 3 heterocycles. The summed E-state index contributed by atoms with van der Waals surface area (Å²) >= 11 is 0. The summed E-state index contributed by atoms with van der Waals surface area (Å²) in [5.74, 6) is 2.42. The highest BCUT2D eigenvalue weighted by atomic mass is 15.4. The maximum absolute atomic E-state index is 4.07. The highest BCUT2D eigenvalue weighted by molar-refractivity contribution is 5.28. The molecule has 5 rings (SSSR count). The molecular formula is C21H37N5. The number of nitrogens with zero attached hydrogens (tertiary/aromatic N) is 4. The van der Waals surface area contributed by atoms with Crippen LogP contribution in [-0.2, 0) is 0 Å². The summed E-state index contributed by atoms with van der Waals surface area (Å²) in [5, 5.41) is 4.07. The first-order chi connectivity index (χ1) is 12.5. The normalized spacial score (nSPS) is 43.8. The van der Waals surface area contributed by atoms with Crippen LogP contribution >= 0.6 is 0 Å². The molecule has 2 aliphatic carbocycles. The number of hydrogen-bond donors (Lipinski definition) is 1. The molecule has 0 radical (unpaired) electrons. The summed E-state index contributed by atoms with van der Waals surface area (Å²) in [7, 11) is 9.29. The third kappa shape index (κ3) is 2.54. The molecule has 6 atom stereocenters. The van der Waals surface area contributed by atoms with Gasteiger partial charge in [-0.3, -0.25) is 15.1 Å². The smallest absolute Gasteiger partial charge is 0.104 e. The number of likely N-dealkylation sites (N-methyl/N-ethyl adjacent to an activating group) is 2. The molecule has 3 aliphatic heterocycles. The zero-order chi connectivity index (χ0) is 18.0. The third-order valence-corrected chi connectivity index (χ3v) is 8.32. The van der Waals surface area contributed by atoms with Gasteiger partial charge in [-0.25, -0.2) is 0 Å². The van der Waals surface area contributed by atoms with Gasteiger partial charge in [0.15, 0.2) is 0 Å². The van der Waals surface area contributed by atoms with Crippen LogP contribution in [0.3, 0.4) is 0 Å². The van der Waals surface area contributed by atoms with E-state index in [1.54, 1.807) is 11.4 Å². The summed E-state index contributed by atoms with van der Waals surface area (Å²) in [5.41, 5.74) is 1.77. The lowest BCUT2D eigenvalue weighted by Crippen LogP contribution is -2.55. The van der Waals surface area contributed by atoms with E-state index in [4.69, 9.17) is 0 Å². The van der Waals surface area contributed by atoms with Crippen molar-refractivity contribution in [2.24, 2.45) is 5.92 Å². The second-order valence-electron chi connectivity index (χ2n) is 9.70. The third-order valence-electron chi connectivity index (χ3n) is 8.32. The average Bonchev–Trinajstić information content (AvgIpc) is 3.27. The molecule has 0 spiro atoms. The van der Waals surface area contributed by atoms with Gasteiger partial charge in [0.05, 0.1) is 12.8 Å². The Kier molecular flexibility index (Phi) is 4.26. The van der Waals surface area contributed by atoms with E-state index >= 15 is 0 Å². The summed E-state index contributed by atoms with van der Waals surface area (Å²) in [6.45, 7) is 1.13. The molecule has 0 bridgehead atoms. The van der Waals surface area contributed by atoms with Crippen LogP contribution in [0.1, 0.15) is 51.4 Å². The zero-order valence-corrected chi connectivity index (χ0v) is 17.1. The van der Waals surface area contributed by atoms with Gasteiger partial charge >= 0.3 is 0 Å². The van der Waals surface area contributed by atoms with Crippen LogP contribution in [0, 0.1) is 5.92 Å². The van der Waals surface area contributed by atoms with Crippen LogP contribution in [0.25, 0.3) is 0 Å². The first-order valence-corrected chi connectivity index (χ1v) is 10.9. The van der Waals surface area contributed by atoms with Gasteiger partial charge in [-0.2, -0.15) is 0 Å². The van der Waals surface area contributed by atoms with E-state index in [0.717, 1.165) is 30.7 Å². The Morgan fingerprint density at radius 1 is 0.808 bits per heavy atom. The van der Waals surface area contributed by atoms with Crippen LogP contribution in [0.4, 0.5) is 0 Å². The number of hydrogen-bond acceptors (Lipinski definition) is 5. The first-order valence-electron chi connectivity index (χ1n) is 10.9. The summed E-state index contributed by atoms with van der Waals surface area (Å²) in [4.78, 5) is 10.3. The Morgan fingerprint density at radius 3 is 2.46 bits per heavy atom. The second kappa shape index (κ2) is 6.39. The maximum atomic E-state index is 4.07. The standard InChI is InChI=1S/C21H37N5/c1-23-13-24(2)19-12-14(8-10-18(19)23)22-20-11-9-16-15-6-5-7-17(15)25(3)21(16)26(20)4/h14-15,17-20,22H,5-13H2,1-4H3. The predicted molar refractivity (Wildman–Crippen MR) is 105 cm³/mol. The van der Waals surface area contributed by atoms with Crippen molar-refractivity contribution in [1.29, 1.82) is 0 Å². The van der Waals surface area contributed by atoms with E-state index in [-0.39, 0.29) is 0 Å². The molecule has 1 N–H and O–H groups in total. The van der Waals surface area contributed by atoms with Gasteiger partial charge in [0.25, 0.3) is 0 Å². The quantitative estimate of drug-likeness (QED) is 0.814. The van der Waals surface area contributed by atoms with Crippen LogP contribution in [0.2, 0.25) is 0 Å². The minimum Gasteiger partial charge on any atom is -0.358 e. The van der Waals surface area contributed by atoms with Gasteiger partial charge in [0.1, 0.15) is 5.82 Å². The van der Waals surface area contributed by atoms with Gasteiger partial charge in [-0.15, -0.1) is 0 Å². The molecule has 0 amide bonds. The number of fused-ring (bicyclic) bond motifs is 3. The fourth-order valence-corrected chi connectivity index (χ4v) is 7.06. The van der Waals surface area contributed by atoms with Crippen LogP contribution < -0.4 is 5.32 Å². The van der Waals surface area contributed by atoms with E-state index in [0.29, 0.717) is 12.2 Å². The molecule has 5 aliphatic rings. The molecule has 5 heteroatoms. The predicted octanol–water partition coefficient (Wildman–Crippen LogP) is 2.08. The SMILES string of the molecule is CN1CN(C)C2CC(NC3CCC4=C(N3C)N(C)C3CCCC43)CCC21. The van der Waals surface area contributed by atoms with E-state index in [1.807, 2.05) is 0 Å². The summed E-state index contributed by atoms with van der Waals surface area (Å²) < 4.78 is 0. The monoisotopic (exact) mass is 359 g/mol. The summed E-state index contributed by atoms with van der Waals surface area (Å²) in [6, 6.07) is 2.98. The Morgan fingerprint density at radius 2 is 1.62 bits per heavy atom. The molecule has 1 saturated heterocycles. The van der Waals surface area contributed by atoms with E-state index in [2.05, 4.69) is 53.1 Å². The molecule has 0 aromatic carbocycles. The zero-order valence-electron chi connectivity index (χ0n) is 17.1. The molecular weight excluding hydrogens is 322 g/mol. The van der Waals surface area contributed by atoms with Crippen LogP contribution in [0.15, 0.2) is 11.4 Å². The molecule has 5 nitrogen and oxygen atoms in total. The molecule has 0 aromatic heterocycles. The molecule has 3 fully saturated rings. The molecule has 146 valence electrons. The Bertz CT molecular complexity index is 589. The summed E-state index contributed by atoms with van der Waals surface area (Å²) in [6.07, 6.45) is 11.3. The van der Waals surface area contributed by atoms with Gasteiger partial charge in [0, 0.05) is 44.2 Å². The van der Waals surface area contributed by atoms with Gasteiger partial charge in [0.2, 0.25) is 0 Å². The highest BCUT2D eigenvalue weighted by Gasteiger charge is 2.46.